The molecule has 0 aromatic heterocycles. The number of rotatable bonds is 6. The van der Waals surface area contributed by atoms with Crippen molar-refractivity contribution < 1.29 is 9.59 Å². The van der Waals surface area contributed by atoms with Gasteiger partial charge in [-0.2, -0.15) is 0 Å². The number of likely N-dealkylation sites (N-methyl/N-ethyl adjacent to an activating group) is 1. The van der Waals surface area contributed by atoms with Crippen molar-refractivity contribution in [3.8, 4) is 0 Å². The molecule has 0 saturated heterocycles. The molecule has 104 valence electrons. The Labute approximate surface area is 114 Å². The lowest BCUT2D eigenvalue weighted by Crippen LogP contribution is -2.39. The molecule has 0 aliphatic carbocycles. The number of amides is 2. The molecule has 5 heteroatoms. The van der Waals surface area contributed by atoms with E-state index in [4.69, 9.17) is 0 Å². The van der Waals surface area contributed by atoms with Crippen LogP contribution in [-0.2, 0) is 4.79 Å². The molecule has 0 heterocycles. The first-order valence-electron chi connectivity index (χ1n) is 6.25. The van der Waals surface area contributed by atoms with E-state index in [9.17, 15) is 9.59 Å². The third-order valence-electron chi connectivity index (χ3n) is 2.57. The van der Waals surface area contributed by atoms with Crippen LogP contribution in [0.25, 0.3) is 0 Å². The molecular formula is C14H21N3O2. The van der Waals surface area contributed by atoms with Gasteiger partial charge in [-0.05, 0) is 33.2 Å². The minimum atomic E-state index is -0.230. The second-order valence-electron chi connectivity index (χ2n) is 4.71. The molecule has 0 spiro atoms. The summed E-state index contributed by atoms with van der Waals surface area (Å²) in [6, 6.07) is 7.26. The molecule has 0 atom stereocenters. The van der Waals surface area contributed by atoms with Crippen LogP contribution < -0.4 is 10.6 Å². The van der Waals surface area contributed by atoms with Crippen molar-refractivity contribution in [3.63, 3.8) is 0 Å². The zero-order valence-corrected chi connectivity index (χ0v) is 11.7. The highest BCUT2D eigenvalue weighted by Crippen LogP contribution is 2.03. The monoisotopic (exact) mass is 263 g/mol. The molecule has 2 amide bonds. The third-order valence-corrected chi connectivity index (χ3v) is 2.57. The molecule has 0 saturated carbocycles. The Kier molecular flexibility index (Phi) is 6.02. The van der Waals surface area contributed by atoms with Gasteiger partial charge in [0.05, 0.1) is 6.54 Å². The van der Waals surface area contributed by atoms with E-state index in [0.29, 0.717) is 12.1 Å². The Morgan fingerprint density at radius 1 is 1.21 bits per heavy atom. The van der Waals surface area contributed by atoms with Gasteiger partial charge in [0.2, 0.25) is 5.91 Å². The quantitative estimate of drug-likeness (QED) is 0.781. The van der Waals surface area contributed by atoms with Crippen molar-refractivity contribution in [2.45, 2.75) is 6.92 Å². The molecule has 1 aromatic rings. The number of hydrogen-bond donors (Lipinski definition) is 2. The Hall–Kier alpha value is -1.88. The van der Waals surface area contributed by atoms with Crippen LogP contribution in [0.2, 0.25) is 0 Å². The van der Waals surface area contributed by atoms with Gasteiger partial charge < -0.3 is 15.5 Å². The maximum absolute atomic E-state index is 11.8. The fraction of sp³-hybridized carbons (Fsp3) is 0.429. The fourth-order valence-corrected chi connectivity index (χ4v) is 1.53. The number of carbonyl (C=O) groups excluding carboxylic acids is 2. The van der Waals surface area contributed by atoms with Crippen molar-refractivity contribution in [2.75, 3.05) is 33.7 Å². The van der Waals surface area contributed by atoms with Crippen LogP contribution >= 0.6 is 0 Å². The predicted molar refractivity (Wildman–Crippen MR) is 75.1 cm³/mol. The van der Waals surface area contributed by atoms with Crippen LogP contribution in [0.3, 0.4) is 0 Å². The first-order chi connectivity index (χ1) is 8.99. The van der Waals surface area contributed by atoms with Gasteiger partial charge in [0.25, 0.3) is 5.91 Å². The summed E-state index contributed by atoms with van der Waals surface area (Å²) in [6.45, 7) is 3.27. The van der Waals surface area contributed by atoms with Crippen LogP contribution in [0.15, 0.2) is 24.3 Å². The summed E-state index contributed by atoms with van der Waals surface area (Å²) in [4.78, 5) is 25.2. The summed E-state index contributed by atoms with van der Waals surface area (Å²) < 4.78 is 0. The van der Waals surface area contributed by atoms with E-state index in [-0.39, 0.29) is 18.4 Å². The van der Waals surface area contributed by atoms with Gasteiger partial charge in [-0.1, -0.05) is 17.7 Å². The van der Waals surface area contributed by atoms with Crippen LogP contribution in [0.5, 0.6) is 0 Å². The summed E-state index contributed by atoms with van der Waals surface area (Å²) >= 11 is 0. The zero-order chi connectivity index (χ0) is 14.3. The molecule has 5 nitrogen and oxygen atoms in total. The van der Waals surface area contributed by atoms with Crippen LogP contribution in [0.4, 0.5) is 0 Å². The summed E-state index contributed by atoms with van der Waals surface area (Å²) in [5.74, 6) is -0.408. The van der Waals surface area contributed by atoms with Gasteiger partial charge >= 0.3 is 0 Å². The molecule has 1 aromatic carbocycles. The van der Waals surface area contributed by atoms with Crippen molar-refractivity contribution in [3.05, 3.63) is 35.4 Å². The molecular weight excluding hydrogens is 242 g/mol. The van der Waals surface area contributed by atoms with Gasteiger partial charge in [-0.3, -0.25) is 9.59 Å². The average molecular weight is 263 g/mol. The molecule has 0 radical (unpaired) electrons. The molecule has 1 rings (SSSR count). The summed E-state index contributed by atoms with van der Waals surface area (Å²) in [6.07, 6.45) is 0. The summed E-state index contributed by atoms with van der Waals surface area (Å²) in [5.41, 5.74) is 1.59. The Morgan fingerprint density at radius 3 is 2.58 bits per heavy atom. The van der Waals surface area contributed by atoms with Crippen molar-refractivity contribution in [1.29, 1.82) is 0 Å². The van der Waals surface area contributed by atoms with E-state index >= 15 is 0 Å². The molecule has 0 unspecified atom stereocenters. The van der Waals surface area contributed by atoms with Gasteiger partial charge in [-0.15, -0.1) is 0 Å². The van der Waals surface area contributed by atoms with E-state index in [1.165, 1.54) is 0 Å². The van der Waals surface area contributed by atoms with Gasteiger partial charge in [0.1, 0.15) is 0 Å². The predicted octanol–water partition coefficient (Wildman–Crippen LogP) is 0.403. The lowest BCUT2D eigenvalue weighted by atomic mass is 10.1. The second kappa shape index (κ2) is 7.53. The first kappa shape index (κ1) is 15.2. The molecule has 2 N–H and O–H groups in total. The highest BCUT2D eigenvalue weighted by molar-refractivity contribution is 5.96. The molecule has 0 fully saturated rings. The normalized spacial score (nSPS) is 10.3. The SMILES string of the molecule is Cc1cccc(C(=O)NCC(=O)NCCN(C)C)c1. The topological polar surface area (TPSA) is 61.4 Å². The largest absolute Gasteiger partial charge is 0.353 e. The maximum Gasteiger partial charge on any atom is 0.251 e. The standard InChI is InChI=1S/C14H21N3O2/c1-11-5-4-6-12(9-11)14(19)16-10-13(18)15-7-8-17(2)3/h4-6,9H,7-8,10H2,1-3H3,(H,15,18)(H,16,19). The third kappa shape index (κ3) is 6.01. The van der Waals surface area contributed by atoms with Gasteiger partial charge in [0, 0.05) is 18.7 Å². The smallest absolute Gasteiger partial charge is 0.251 e. The average Bonchev–Trinajstić information content (AvgIpc) is 2.35. The number of hydrogen-bond acceptors (Lipinski definition) is 3. The van der Waals surface area contributed by atoms with Crippen LogP contribution in [-0.4, -0.2) is 50.4 Å². The molecule has 19 heavy (non-hydrogen) atoms. The fourth-order valence-electron chi connectivity index (χ4n) is 1.53. The Morgan fingerprint density at radius 2 is 1.95 bits per heavy atom. The Balaban J connectivity index is 2.32. The van der Waals surface area contributed by atoms with Gasteiger partial charge in [0.15, 0.2) is 0 Å². The molecule has 0 aliphatic rings. The van der Waals surface area contributed by atoms with Gasteiger partial charge in [-0.25, -0.2) is 0 Å². The van der Waals surface area contributed by atoms with Crippen LogP contribution in [0.1, 0.15) is 15.9 Å². The lowest BCUT2D eigenvalue weighted by molar-refractivity contribution is -0.120. The number of nitrogens with zero attached hydrogens (tertiary/aromatic N) is 1. The lowest BCUT2D eigenvalue weighted by Gasteiger charge is -2.11. The number of benzene rings is 1. The zero-order valence-electron chi connectivity index (χ0n) is 11.7. The second-order valence-corrected chi connectivity index (χ2v) is 4.71. The van der Waals surface area contributed by atoms with E-state index in [1.807, 2.05) is 38.1 Å². The van der Waals surface area contributed by atoms with E-state index in [2.05, 4.69) is 10.6 Å². The molecule has 0 aliphatic heterocycles. The highest BCUT2D eigenvalue weighted by Gasteiger charge is 2.07. The molecule has 0 bridgehead atoms. The Bertz CT molecular complexity index is 444. The van der Waals surface area contributed by atoms with E-state index in [0.717, 1.165) is 12.1 Å². The summed E-state index contributed by atoms with van der Waals surface area (Å²) in [5, 5.41) is 5.34. The minimum Gasteiger partial charge on any atom is -0.353 e. The van der Waals surface area contributed by atoms with Crippen molar-refractivity contribution >= 4 is 11.8 Å². The minimum absolute atomic E-state index is 0.000202. The number of carbonyl (C=O) groups is 2. The number of aryl methyl sites for hydroxylation is 1. The number of nitrogens with one attached hydrogen (secondary N) is 2. The maximum atomic E-state index is 11.8. The summed E-state index contributed by atoms with van der Waals surface area (Å²) in [7, 11) is 3.87. The van der Waals surface area contributed by atoms with E-state index < -0.39 is 0 Å². The van der Waals surface area contributed by atoms with Crippen molar-refractivity contribution in [1.82, 2.24) is 15.5 Å². The highest BCUT2D eigenvalue weighted by atomic mass is 16.2. The van der Waals surface area contributed by atoms with Crippen molar-refractivity contribution in [2.24, 2.45) is 0 Å². The van der Waals surface area contributed by atoms with Crippen LogP contribution in [0, 0.1) is 6.92 Å². The first-order valence-corrected chi connectivity index (χ1v) is 6.25. The van der Waals surface area contributed by atoms with E-state index in [1.54, 1.807) is 12.1 Å².